The van der Waals surface area contributed by atoms with Gasteiger partial charge in [0.1, 0.15) is 0 Å². The summed E-state index contributed by atoms with van der Waals surface area (Å²) in [5.74, 6) is 0. The Morgan fingerprint density at radius 1 is 0.327 bits per heavy atom. The summed E-state index contributed by atoms with van der Waals surface area (Å²) >= 11 is 9.87. The largest absolute Gasteiger partial charge is 0.134 e. The van der Waals surface area contributed by atoms with Crippen LogP contribution in [-0.2, 0) is 25.7 Å². The van der Waals surface area contributed by atoms with Crippen molar-refractivity contribution in [3.8, 4) is 39.0 Å². The summed E-state index contributed by atoms with van der Waals surface area (Å²) in [6, 6.07) is 28.7. The van der Waals surface area contributed by atoms with E-state index in [2.05, 4.69) is 100 Å². The average molecular weight is 737 g/mol. The summed E-state index contributed by atoms with van der Waals surface area (Å²) in [4.78, 5) is 11.1. The fraction of sp³-hybridized carbons (Fsp3) is 0.364. The van der Waals surface area contributed by atoms with Gasteiger partial charge in [0, 0.05) is 48.4 Å². The smallest absolute Gasteiger partial charge is 0.0455 e. The molecule has 0 aliphatic heterocycles. The second kappa shape index (κ2) is 16.2. The van der Waals surface area contributed by atoms with E-state index in [1.165, 1.54) is 158 Å². The van der Waals surface area contributed by atoms with Crippen LogP contribution in [0.15, 0.2) is 72.8 Å². The third-order valence-electron chi connectivity index (χ3n) is 9.70. The molecule has 0 N–H and O–H groups in total. The maximum Gasteiger partial charge on any atom is 0.0455 e. The summed E-state index contributed by atoms with van der Waals surface area (Å²) in [7, 11) is 0. The van der Waals surface area contributed by atoms with Gasteiger partial charge in [-0.1, -0.05) is 77.6 Å². The molecule has 0 bridgehead atoms. The third-order valence-corrected chi connectivity index (χ3v) is 16.2. The van der Waals surface area contributed by atoms with Gasteiger partial charge >= 0.3 is 0 Å². The Morgan fingerprint density at radius 2 is 0.612 bits per heavy atom. The molecule has 0 spiro atoms. The number of thiophene rings is 5. The molecular weight excluding hydrogens is 689 g/mol. The number of hydrogen-bond donors (Lipinski definition) is 0. The van der Waals surface area contributed by atoms with Gasteiger partial charge in [0.15, 0.2) is 0 Å². The van der Waals surface area contributed by atoms with Crippen LogP contribution in [0.4, 0.5) is 0 Å². The van der Waals surface area contributed by atoms with E-state index in [9.17, 15) is 0 Å². The molecule has 0 saturated heterocycles. The molecule has 0 aliphatic rings. The fourth-order valence-corrected chi connectivity index (χ4v) is 12.7. The molecule has 7 rings (SSSR count). The molecule has 0 radical (unpaired) electrons. The Bertz CT molecular complexity index is 1900. The van der Waals surface area contributed by atoms with E-state index in [-0.39, 0.29) is 0 Å². The number of rotatable bonds is 16. The molecule has 5 heteroatoms. The minimum absolute atomic E-state index is 1.18. The van der Waals surface area contributed by atoms with Crippen LogP contribution in [0, 0.1) is 0 Å². The zero-order valence-corrected chi connectivity index (χ0v) is 33.5. The molecule has 0 atom stereocenters. The molecule has 2 aromatic carbocycles. The molecule has 0 fully saturated rings. The quantitative estimate of drug-likeness (QED) is 0.0927. The highest BCUT2D eigenvalue weighted by Crippen LogP contribution is 2.47. The van der Waals surface area contributed by atoms with Crippen LogP contribution in [0.3, 0.4) is 0 Å². The lowest BCUT2D eigenvalue weighted by atomic mass is 9.99. The van der Waals surface area contributed by atoms with Crippen LogP contribution < -0.4 is 0 Å². The number of benzene rings is 2. The van der Waals surface area contributed by atoms with Gasteiger partial charge in [-0.25, -0.2) is 0 Å². The van der Waals surface area contributed by atoms with Crippen molar-refractivity contribution in [1.82, 2.24) is 0 Å². The highest BCUT2D eigenvalue weighted by Gasteiger charge is 2.17. The molecule has 0 aliphatic carbocycles. The van der Waals surface area contributed by atoms with Crippen LogP contribution in [0.1, 0.15) is 101 Å². The van der Waals surface area contributed by atoms with Crippen LogP contribution >= 0.6 is 56.7 Å². The third kappa shape index (κ3) is 7.58. The van der Waals surface area contributed by atoms with E-state index in [4.69, 9.17) is 0 Å². The second-order valence-corrected chi connectivity index (χ2v) is 18.7. The minimum Gasteiger partial charge on any atom is -0.134 e. The van der Waals surface area contributed by atoms with Crippen LogP contribution in [0.2, 0.25) is 0 Å². The van der Waals surface area contributed by atoms with Crippen molar-refractivity contribution in [3.63, 3.8) is 0 Å². The first kappa shape index (κ1) is 34.9. The Morgan fingerprint density at radius 3 is 0.939 bits per heavy atom. The Hall–Kier alpha value is -2.54. The van der Waals surface area contributed by atoms with E-state index in [0.717, 1.165) is 0 Å². The summed E-state index contributed by atoms with van der Waals surface area (Å²) in [6.45, 7) is 9.19. The highest BCUT2D eigenvalue weighted by atomic mass is 32.1. The molecule has 0 nitrogen and oxygen atoms in total. The summed E-state index contributed by atoms with van der Waals surface area (Å²) in [6.07, 6.45) is 14.7. The molecule has 0 saturated carbocycles. The van der Waals surface area contributed by atoms with E-state index in [1.807, 2.05) is 56.7 Å². The lowest BCUT2D eigenvalue weighted by Gasteiger charge is -2.07. The Labute approximate surface area is 313 Å². The number of hydrogen-bond acceptors (Lipinski definition) is 5. The normalized spacial score (nSPS) is 11.8. The van der Waals surface area contributed by atoms with Gasteiger partial charge in [-0.3, -0.25) is 0 Å². The average Bonchev–Trinajstić information content (AvgIpc) is 3.96. The maximum absolute atomic E-state index is 2.50. The number of unbranched alkanes of at least 4 members (excludes halogenated alkanes) is 4. The zero-order chi connectivity index (χ0) is 33.7. The summed E-state index contributed by atoms with van der Waals surface area (Å²) in [5, 5.41) is 2.99. The van der Waals surface area contributed by atoms with Crippen molar-refractivity contribution in [1.29, 1.82) is 0 Å². The fourth-order valence-electron chi connectivity index (χ4n) is 6.82. The Balaban J connectivity index is 1.14. The van der Waals surface area contributed by atoms with Gasteiger partial charge in [-0.15, -0.1) is 56.7 Å². The SMILES string of the molecule is CCCCc1ccc(CCCC)c2sc(-c3ccc(-c4ccc(-c5ccc(-c6cc7c(CCCC)ccc(CCCC)c7s6)s5)s4)s3)cc12. The predicted octanol–water partition coefficient (Wildman–Crippen LogP) is 16.3. The lowest BCUT2D eigenvalue weighted by molar-refractivity contribution is 0.793. The molecule has 5 aromatic heterocycles. The van der Waals surface area contributed by atoms with Crippen LogP contribution in [-0.4, -0.2) is 0 Å². The molecule has 0 unspecified atom stereocenters. The molecule has 0 amide bonds. The zero-order valence-electron chi connectivity index (χ0n) is 29.5. The molecule has 7 aromatic rings. The lowest BCUT2D eigenvalue weighted by Crippen LogP contribution is -1.90. The van der Waals surface area contributed by atoms with E-state index < -0.39 is 0 Å². The molecule has 5 heterocycles. The first-order valence-electron chi connectivity index (χ1n) is 18.5. The predicted molar refractivity (Wildman–Crippen MR) is 227 cm³/mol. The Kier molecular flexibility index (Phi) is 11.5. The van der Waals surface area contributed by atoms with Gasteiger partial charge in [0.2, 0.25) is 0 Å². The number of aryl methyl sites for hydroxylation is 4. The first-order valence-corrected chi connectivity index (χ1v) is 22.6. The summed E-state index contributed by atoms with van der Waals surface area (Å²) in [5.41, 5.74) is 6.12. The van der Waals surface area contributed by atoms with Gasteiger partial charge in [-0.05, 0) is 133 Å². The van der Waals surface area contributed by atoms with Crippen molar-refractivity contribution in [2.75, 3.05) is 0 Å². The molecule has 49 heavy (non-hydrogen) atoms. The monoisotopic (exact) mass is 736 g/mol. The van der Waals surface area contributed by atoms with E-state index >= 15 is 0 Å². The van der Waals surface area contributed by atoms with Crippen molar-refractivity contribution in [2.24, 2.45) is 0 Å². The summed E-state index contributed by atoms with van der Waals surface area (Å²) < 4.78 is 3.04. The van der Waals surface area contributed by atoms with E-state index in [1.54, 1.807) is 0 Å². The van der Waals surface area contributed by atoms with Gasteiger partial charge in [-0.2, -0.15) is 0 Å². The standard InChI is InChI=1S/C44H48S5/c1-5-9-13-29-17-19-31(15-11-7-3)43-33(29)27-41(48-43)39-25-23-37(46-39)35-21-22-36(45-35)38-24-26-40(47-38)42-28-34-30(14-10-6-2)18-20-32(16-12-8-4)44(34)49-42/h17-28H,5-16H2,1-4H3. The topological polar surface area (TPSA) is 0 Å². The van der Waals surface area contributed by atoms with Crippen molar-refractivity contribution in [2.45, 2.75) is 105 Å². The molecule has 254 valence electrons. The number of fused-ring (bicyclic) bond motifs is 2. The van der Waals surface area contributed by atoms with E-state index in [0.29, 0.717) is 0 Å². The van der Waals surface area contributed by atoms with Gasteiger partial charge in [0.05, 0.1) is 0 Å². The first-order chi connectivity index (χ1) is 24.1. The van der Waals surface area contributed by atoms with Crippen LogP contribution in [0.25, 0.3) is 59.2 Å². The minimum atomic E-state index is 1.18. The van der Waals surface area contributed by atoms with Crippen molar-refractivity contribution in [3.05, 3.63) is 95.1 Å². The molecular formula is C44H48S5. The van der Waals surface area contributed by atoms with Gasteiger partial charge < -0.3 is 0 Å². The maximum atomic E-state index is 2.50. The van der Waals surface area contributed by atoms with Gasteiger partial charge in [0.25, 0.3) is 0 Å². The second-order valence-electron chi connectivity index (χ2n) is 13.4. The highest BCUT2D eigenvalue weighted by molar-refractivity contribution is 7.31. The van der Waals surface area contributed by atoms with Crippen molar-refractivity contribution < 1.29 is 0 Å². The van der Waals surface area contributed by atoms with Crippen molar-refractivity contribution >= 4 is 76.9 Å². The van der Waals surface area contributed by atoms with Crippen LogP contribution in [0.5, 0.6) is 0 Å².